The molecule has 1 rings (SSSR count). The van der Waals surface area contributed by atoms with Crippen LogP contribution < -0.4 is 10.1 Å². The van der Waals surface area contributed by atoms with E-state index in [4.69, 9.17) is 4.74 Å². The van der Waals surface area contributed by atoms with Gasteiger partial charge in [0.05, 0.1) is 7.11 Å². The van der Waals surface area contributed by atoms with E-state index < -0.39 is 11.8 Å². The lowest BCUT2D eigenvalue weighted by molar-refractivity contribution is -0.143. The molecule has 0 unspecified atom stereocenters. The van der Waals surface area contributed by atoms with Gasteiger partial charge >= 0.3 is 11.8 Å². The number of hydrogen-bond acceptors (Lipinski definition) is 3. The molecule has 0 atom stereocenters. The molecule has 0 aliphatic heterocycles. The highest BCUT2D eigenvalue weighted by molar-refractivity contribution is 6.39. The second-order valence-corrected chi connectivity index (χ2v) is 4.83. The van der Waals surface area contributed by atoms with Crippen LogP contribution in [0, 0.1) is 0 Å². The minimum absolute atomic E-state index is 0.471. The van der Waals surface area contributed by atoms with E-state index in [2.05, 4.69) is 12.2 Å². The average Bonchev–Trinajstić information content (AvgIpc) is 2.51. The van der Waals surface area contributed by atoms with Gasteiger partial charge in [-0.2, -0.15) is 0 Å². The predicted molar refractivity (Wildman–Crippen MR) is 83.4 cm³/mol. The number of carbonyl (C=O) groups excluding carboxylic acids is 2. The van der Waals surface area contributed by atoms with Gasteiger partial charge in [0.15, 0.2) is 0 Å². The van der Waals surface area contributed by atoms with Crippen molar-refractivity contribution in [2.24, 2.45) is 0 Å². The molecular formula is C16H24N2O3. The molecule has 0 saturated carbocycles. The number of anilines is 1. The summed E-state index contributed by atoms with van der Waals surface area (Å²) in [5.74, 6) is -0.360. The fourth-order valence-electron chi connectivity index (χ4n) is 1.94. The lowest BCUT2D eigenvalue weighted by atomic mass is 10.2. The molecule has 0 spiro atoms. The molecule has 5 nitrogen and oxygen atoms in total. The molecule has 21 heavy (non-hydrogen) atoms. The lowest BCUT2D eigenvalue weighted by Crippen LogP contribution is -2.40. The quantitative estimate of drug-likeness (QED) is 0.786. The Bertz CT molecular complexity index is 457. The van der Waals surface area contributed by atoms with Crippen molar-refractivity contribution in [1.29, 1.82) is 0 Å². The van der Waals surface area contributed by atoms with E-state index in [1.54, 1.807) is 36.3 Å². The smallest absolute Gasteiger partial charge is 0.313 e. The summed E-state index contributed by atoms with van der Waals surface area (Å²) in [5.41, 5.74) is 0.584. The molecule has 5 heteroatoms. The Labute approximate surface area is 126 Å². The first-order chi connectivity index (χ1) is 10.1. The van der Waals surface area contributed by atoms with Gasteiger partial charge in [-0.3, -0.25) is 9.59 Å². The molecule has 0 saturated heterocycles. The number of methoxy groups -OCH3 is 1. The number of carbonyl (C=O) groups is 2. The molecule has 1 aromatic rings. The molecular weight excluding hydrogens is 268 g/mol. The van der Waals surface area contributed by atoms with Gasteiger partial charge in [-0.1, -0.05) is 20.3 Å². The highest BCUT2D eigenvalue weighted by Gasteiger charge is 2.20. The maximum atomic E-state index is 12.2. The molecule has 0 heterocycles. The fourth-order valence-corrected chi connectivity index (χ4v) is 1.94. The van der Waals surface area contributed by atoms with Crippen LogP contribution in [-0.4, -0.2) is 36.9 Å². The molecule has 0 aromatic heterocycles. The third-order valence-corrected chi connectivity index (χ3v) is 3.10. The first-order valence-electron chi connectivity index (χ1n) is 7.36. The Morgan fingerprint density at radius 2 is 1.76 bits per heavy atom. The lowest BCUT2D eigenvalue weighted by Gasteiger charge is -2.21. The van der Waals surface area contributed by atoms with Crippen LogP contribution >= 0.6 is 0 Å². The number of ether oxygens (including phenoxy) is 1. The van der Waals surface area contributed by atoms with E-state index in [1.807, 2.05) is 6.92 Å². The fraction of sp³-hybridized carbons (Fsp3) is 0.500. The standard InChI is InChI=1S/C16H24N2O3/c1-4-6-12-18(11-5-2)16(20)15(19)17-13-7-9-14(21-3)10-8-13/h7-10H,4-6,11-12H2,1-3H3,(H,17,19). The minimum Gasteiger partial charge on any atom is -0.497 e. The zero-order valence-corrected chi connectivity index (χ0v) is 13.0. The van der Waals surface area contributed by atoms with E-state index in [1.165, 1.54) is 0 Å². The van der Waals surface area contributed by atoms with Crippen molar-refractivity contribution in [3.05, 3.63) is 24.3 Å². The van der Waals surface area contributed by atoms with E-state index >= 15 is 0 Å². The molecule has 2 amide bonds. The highest BCUT2D eigenvalue weighted by Crippen LogP contribution is 2.15. The van der Waals surface area contributed by atoms with Crippen molar-refractivity contribution in [2.45, 2.75) is 33.1 Å². The maximum absolute atomic E-state index is 12.2. The summed E-state index contributed by atoms with van der Waals surface area (Å²) in [4.78, 5) is 25.8. The number of nitrogens with one attached hydrogen (secondary N) is 1. The van der Waals surface area contributed by atoms with Crippen LogP contribution in [0.4, 0.5) is 5.69 Å². The van der Waals surface area contributed by atoms with Crippen LogP contribution in [0.15, 0.2) is 24.3 Å². The zero-order valence-electron chi connectivity index (χ0n) is 13.0. The van der Waals surface area contributed by atoms with Crippen LogP contribution in [0.25, 0.3) is 0 Å². The molecule has 1 aromatic carbocycles. The summed E-state index contributed by atoms with van der Waals surface area (Å²) in [5, 5.41) is 2.62. The zero-order chi connectivity index (χ0) is 15.7. The Morgan fingerprint density at radius 1 is 1.10 bits per heavy atom. The number of benzene rings is 1. The van der Waals surface area contributed by atoms with Crippen molar-refractivity contribution in [2.75, 3.05) is 25.5 Å². The number of nitrogens with zero attached hydrogens (tertiary/aromatic N) is 1. The van der Waals surface area contributed by atoms with Gasteiger partial charge in [-0.05, 0) is 37.1 Å². The van der Waals surface area contributed by atoms with E-state index in [0.717, 1.165) is 19.3 Å². The van der Waals surface area contributed by atoms with E-state index in [9.17, 15) is 9.59 Å². The average molecular weight is 292 g/mol. The maximum Gasteiger partial charge on any atom is 0.313 e. The summed E-state index contributed by atoms with van der Waals surface area (Å²) >= 11 is 0. The first-order valence-corrected chi connectivity index (χ1v) is 7.36. The highest BCUT2D eigenvalue weighted by atomic mass is 16.5. The minimum atomic E-state index is -0.593. The largest absolute Gasteiger partial charge is 0.497 e. The van der Waals surface area contributed by atoms with Crippen LogP contribution in [0.1, 0.15) is 33.1 Å². The molecule has 1 N–H and O–H groups in total. The van der Waals surface area contributed by atoms with Gasteiger partial charge in [-0.25, -0.2) is 0 Å². The molecule has 0 radical (unpaired) electrons. The number of amides is 2. The molecule has 0 bridgehead atoms. The SMILES string of the molecule is CCCCN(CCC)C(=O)C(=O)Nc1ccc(OC)cc1. The summed E-state index contributed by atoms with van der Waals surface area (Å²) in [6.45, 7) is 5.29. The number of rotatable bonds is 7. The molecule has 0 fully saturated rings. The van der Waals surface area contributed by atoms with Gasteiger partial charge in [0, 0.05) is 18.8 Å². The van der Waals surface area contributed by atoms with Gasteiger partial charge in [0.2, 0.25) is 0 Å². The van der Waals surface area contributed by atoms with E-state index in [-0.39, 0.29) is 0 Å². The monoisotopic (exact) mass is 292 g/mol. The topological polar surface area (TPSA) is 58.6 Å². The van der Waals surface area contributed by atoms with Crippen molar-refractivity contribution in [1.82, 2.24) is 4.90 Å². The Balaban J connectivity index is 2.64. The van der Waals surface area contributed by atoms with Crippen LogP contribution in [0.5, 0.6) is 5.75 Å². The summed E-state index contributed by atoms with van der Waals surface area (Å²) in [6.07, 6.45) is 2.74. The van der Waals surface area contributed by atoms with Crippen molar-refractivity contribution < 1.29 is 14.3 Å². The van der Waals surface area contributed by atoms with Crippen molar-refractivity contribution in [3.63, 3.8) is 0 Å². The normalized spacial score (nSPS) is 10.0. The van der Waals surface area contributed by atoms with E-state index in [0.29, 0.717) is 24.5 Å². The second kappa shape index (κ2) is 9.00. The molecule has 0 aliphatic rings. The Hall–Kier alpha value is -2.04. The van der Waals surface area contributed by atoms with Gasteiger partial charge < -0.3 is 15.0 Å². The first kappa shape index (κ1) is 17.0. The number of unbranched alkanes of at least 4 members (excludes halogenated alkanes) is 1. The van der Waals surface area contributed by atoms with Crippen LogP contribution in [-0.2, 0) is 9.59 Å². The van der Waals surface area contributed by atoms with Gasteiger partial charge in [-0.15, -0.1) is 0 Å². The Morgan fingerprint density at radius 3 is 2.29 bits per heavy atom. The van der Waals surface area contributed by atoms with Crippen LogP contribution in [0.3, 0.4) is 0 Å². The number of hydrogen-bond donors (Lipinski definition) is 1. The second-order valence-electron chi connectivity index (χ2n) is 4.83. The third-order valence-electron chi connectivity index (χ3n) is 3.10. The summed E-state index contributed by atoms with van der Waals surface area (Å²) < 4.78 is 5.05. The van der Waals surface area contributed by atoms with Gasteiger partial charge in [0.1, 0.15) is 5.75 Å². The Kier molecular flexibility index (Phi) is 7.29. The molecule has 116 valence electrons. The summed E-state index contributed by atoms with van der Waals surface area (Å²) in [7, 11) is 1.58. The van der Waals surface area contributed by atoms with Crippen LogP contribution in [0.2, 0.25) is 0 Å². The molecule has 0 aliphatic carbocycles. The van der Waals surface area contributed by atoms with Gasteiger partial charge in [0.25, 0.3) is 0 Å². The van der Waals surface area contributed by atoms with Crippen molar-refractivity contribution >= 4 is 17.5 Å². The third kappa shape index (κ3) is 5.45. The predicted octanol–water partition coefficient (Wildman–Crippen LogP) is 2.67. The van der Waals surface area contributed by atoms with Crippen molar-refractivity contribution in [3.8, 4) is 5.75 Å². The summed E-state index contributed by atoms with van der Waals surface area (Å²) in [6, 6.07) is 6.89.